The first-order valence-electron chi connectivity index (χ1n) is 8.69. The number of carbonyl (C=O) groups is 1. The largest absolute Gasteiger partial charge is 0.465 e. The molecule has 2 aromatic rings. The van der Waals surface area contributed by atoms with Crippen LogP contribution >= 0.6 is 23.6 Å². The van der Waals surface area contributed by atoms with Crippen LogP contribution in [0.4, 0.5) is 5.00 Å². The maximum absolute atomic E-state index is 12.3. The van der Waals surface area contributed by atoms with Crippen molar-refractivity contribution < 1.29 is 17.9 Å². The van der Waals surface area contributed by atoms with Crippen molar-refractivity contribution in [2.24, 2.45) is 5.14 Å². The van der Waals surface area contributed by atoms with Gasteiger partial charge in [0.2, 0.25) is 10.0 Å². The zero-order valence-electron chi connectivity index (χ0n) is 15.3. The van der Waals surface area contributed by atoms with Crippen molar-refractivity contribution in [3.63, 3.8) is 0 Å². The molecule has 0 fully saturated rings. The number of ether oxygens (including phenoxy) is 1. The molecular formula is C18H21N3O4S3. The van der Waals surface area contributed by atoms with Crippen LogP contribution in [0.5, 0.6) is 0 Å². The SMILES string of the molecule is COC(=O)c1c(NC(=S)NCc2ccc(S(N)(=O)=O)cc2)sc2c1CCCC2. The van der Waals surface area contributed by atoms with Gasteiger partial charge in [-0.05, 0) is 61.2 Å². The van der Waals surface area contributed by atoms with E-state index in [-0.39, 0.29) is 10.9 Å². The molecule has 0 amide bonds. The number of nitrogens with two attached hydrogens (primary N) is 1. The van der Waals surface area contributed by atoms with Crippen molar-refractivity contribution in [2.45, 2.75) is 37.1 Å². The minimum absolute atomic E-state index is 0.0591. The van der Waals surface area contributed by atoms with Crippen LogP contribution < -0.4 is 15.8 Å². The summed E-state index contributed by atoms with van der Waals surface area (Å²) in [6.07, 6.45) is 4.01. The summed E-state index contributed by atoms with van der Waals surface area (Å²) in [6, 6.07) is 6.23. The van der Waals surface area contributed by atoms with Gasteiger partial charge in [-0.3, -0.25) is 0 Å². The highest BCUT2D eigenvalue weighted by Gasteiger charge is 2.26. The van der Waals surface area contributed by atoms with Crippen molar-refractivity contribution in [1.29, 1.82) is 0 Å². The first-order chi connectivity index (χ1) is 13.3. The van der Waals surface area contributed by atoms with E-state index >= 15 is 0 Å². The number of nitrogens with one attached hydrogen (secondary N) is 2. The highest BCUT2D eigenvalue weighted by molar-refractivity contribution is 7.89. The molecule has 1 aliphatic carbocycles. The van der Waals surface area contributed by atoms with Gasteiger partial charge >= 0.3 is 5.97 Å². The van der Waals surface area contributed by atoms with E-state index in [1.54, 1.807) is 23.5 Å². The predicted molar refractivity (Wildman–Crippen MR) is 113 cm³/mol. The fourth-order valence-electron chi connectivity index (χ4n) is 3.10. The average Bonchev–Trinajstić information content (AvgIpc) is 3.03. The third-order valence-corrected chi connectivity index (χ3v) is 6.88. The highest BCUT2D eigenvalue weighted by atomic mass is 32.2. The van der Waals surface area contributed by atoms with Gasteiger partial charge in [0, 0.05) is 11.4 Å². The lowest BCUT2D eigenvalue weighted by atomic mass is 9.95. The molecule has 3 rings (SSSR count). The van der Waals surface area contributed by atoms with Gasteiger partial charge in [0.1, 0.15) is 5.00 Å². The molecule has 1 aliphatic rings. The molecule has 1 aromatic heterocycles. The number of thiocarbonyl (C=S) groups is 1. The first-order valence-corrected chi connectivity index (χ1v) is 11.5. The second-order valence-electron chi connectivity index (χ2n) is 6.40. The summed E-state index contributed by atoms with van der Waals surface area (Å²) < 4.78 is 27.6. The molecule has 7 nitrogen and oxygen atoms in total. The Kier molecular flexibility index (Phi) is 6.33. The molecule has 1 heterocycles. The number of rotatable bonds is 5. The lowest BCUT2D eigenvalue weighted by molar-refractivity contribution is 0.0601. The van der Waals surface area contributed by atoms with E-state index in [1.807, 2.05) is 0 Å². The van der Waals surface area contributed by atoms with Gasteiger partial charge in [-0.25, -0.2) is 18.4 Å². The number of methoxy groups -OCH3 is 1. The molecule has 28 heavy (non-hydrogen) atoms. The summed E-state index contributed by atoms with van der Waals surface area (Å²) in [5.41, 5.74) is 2.48. The number of hydrogen-bond acceptors (Lipinski definition) is 6. The van der Waals surface area contributed by atoms with E-state index in [0.717, 1.165) is 36.8 Å². The molecule has 150 valence electrons. The fraction of sp³-hybridized carbons (Fsp3) is 0.333. The third kappa shape index (κ3) is 4.69. The van der Waals surface area contributed by atoms with Crippen LogP contribution in [-0.2, 0) is 34.1 Å². The van der Waals surface area contributed by atoms with Crippen LogP contribution in [0.2, 0.25) is 0 Å². The lowest BCUT2D eigenvalue weighted by Gasteiger charge is -2.12. The smallest absolute Gasteiger partial charge is 0.341 e. The molecule has 0 saturated heterocycles. The van der Waals surface area contributed by atoms with Crippen LogP contribution in [0.25, 0.3) is 0 Å². The minimum Gasteiger partial charge on any atom is -0.465 e. The van der Waals surface area contributed by atoms with E-state index in [0.29, 0.717) is 22.2 Å². The van der Waals surface area contributed by atoms with Gasteiger partial charge in [-0.1, -0.05) is 12.1 Å². The van der Waals surface area contributed by atoms with Crippen molar-refractivity contribution in [3.05, 3.63) is 45.8 Å². The molecule has 10 heteroatoms. The second-order valence-corrected chi connectivity index (χ2v) is 9.48. The Balaban J connectivity index is 1.68. The van der Waals surface area contributed by atoms with E-state index in [9.17, 15) is 13.2 Å². The number of carbonyl (C=O) groups excluding carboxylic acids is 1. The number of anilines is 1. The Bertz CT molecular complexity index is 998. The summed E-state index contributed by atoms with van der Waals surface area (Å²) >= 11 is 6.90. The number of benzene rings is 1. The summed E-state index contributed by atoms with van der Waals surface area (Å²) in [6.45, 7) is 0.398. The number of hydrogen-bond donors (Lipinski definition) is 3. The maximum Gasteiger partial charge on any atom is 0.341 e. The molecule has 0 unspecified atom stereocenters. The van der Waals surface area contributed by atoms with Crippen molar-refractivity contribution in [1.82, 2.24) is 5.32 Å². The zero-order valence-corrected chi connectivity index (χ0v) is 17.7. The minimum atomic E-state index is -3.71. The highest BCUT2D eigenvalue weighted by Crippen LogP contribution is 2.38. The fourth-order valence-corrected chi connectivity index (χ4v) is 5.13. The number of primary sulfonamides is 1. The van der Waals surface area contributed by atoms with Crippen LogP contribution in [0.15, 0.2) is 29.2 Å². The Hall–Kier alpha value is -2.01. The molecule has 0 saturated carbocycles. The van der Waals surface area contributed by atoms with Gasteiger partial charge in [-0.2, -0.15) is 0 Å². The van der Waals surface area contributed by atoms with E-state index < -0.39 is 10.0 Å². The average molecular weight is 440 g/mol. The summed E-state index contributed by atoms with van der Waals surface area (Å²) in [5.74, 6) is -0.358. The van der Waals surface area contributed by atoms with Gasteiger partial charge in [0.05, 0.1) is 17.6 Å². The van der Waals surface area contributed by atoms with E-state index in [1.165, 1.54) is 24.1 Å². The topological polar surface area (TPSA) is 111 Å². The normalized spacial score (nSPS) is 13.5. The van der Waals surface area contributed by atoms with E-state index in [2.05, 4.69) is 10.6 Å². The number of sulfonamides is 1. The maximum atomic E-state index is 12.3. The summed E-state index contributed by atoms with van der Waals surface area (Å²) in [7, 11) is -2.33. The van der Waals surface area contributed by atoms with Crippen molar-refractivity contribution >= 4 is 49.7 Å². The van der Waals surface area contributed by atoms with Gasteiger partial charge in [0.15, 0.2) is 5.11 Å². The van der Waals surface area contributed by atoms with Crippen LogP contribution in [-0.4, -0.2) is 26.6 Å². The second kappa shape index (κ2) is 8.56. The van der Waals surface area contributed by atoms with E-state index in [4.69, 9.17) is 22.1 Å². The quantitative estimate of drug-likeness (QED) is 0.485. The number of aryl methyl sites for hydroxylation is 1. The Morgan fingerprint density at radius 3 is 2.57 bits per heavy atom. The summed E-state index contributed by atoms with van der Waals surface area (Å²) in [5, 5.41) is 12.3. The Labute approximate surface area is 173 Å². The zero-order chi connectivity index (χ0) is 20.3. The van der Waals surface area contributed by atoms with Gasteiger partial charge in [0.25, 0.3) is 0 Å². The first kappa shape index (κ1) is 20.7. The summed E-state index contributed by atoms with van der Waals surface area (Å²) in [4.78, 5) is 13.5. The molecule has 0 aliphatic heterocycles. The molecule has 1 aromatic carbocycles. The van der Waals surface area contributed by atoms with Gasteiger partial charge in [-0.15, -0.1) is 11.3 Å². The number of thiophene rings is 1. The molecule has 0 bridgehead atoms. The number of esters is 1. The van der Waals surface area contributed by atoms with Crippen molar-refractivity contribution in [3.8, 4) is 0 Å². The Morgan fingerprint density at radius 2 is 1.93 bits per heavy atom. The molecule has 4 N–H and O–H groups in total. The van der Waals surface area contributed by atoms with Crippen LogP contribution in [0.1, 0.15) is 39.2 Å². The Morgan fingerprint density at radius 1 is 1.25 bits per heavy atom. The van der Waals surface area contributed by atoms with Crippen LogP contribution in [0.3, 0.4) is 0 Å². The van der Waals surface area contributed by atoms with Gasteiger partial charge < -0.3 is 15.4 Å². The molecular weight excluding hydrogens is 418 g/mol. The standard InChI is InChI=1S/C18H21N3O4S3/c1-25-17(22)15-13-4-2-3-5-14(13)27-16(15)21-18(26)20-10-11-6-8-12(9-7-11)28(19,23)24/h6-9H,2-5,10H2,1H3,(H2,19,23,24)(H2,20,21,26). The monoisotopic (exact) mass is 439 g/mol. The predicted octanol–water partition coefficient (Wildman–Crippen LogP) is 2.55. The number of fused-ring (bicyclic) bond motifs is 1. The molecule has 0 spiro atoms. The lowest BCUT2D eigenvalue weighted by Crippen LogP contribution is -2.28. The molecule has 0 atom stereocenters. The third-order valence-electron chi connectivity index (χ3n) is 4.49. The molecule has 0 radical (unpaired) electrons. The van der Waals surface area contributed by atoms with Crippen LogP contribution in [0, 0.1) is 0 Å². The van der Waals surface area contributed by atoms with Crippen molar-refractivity contribution in [2.75, 3.05) is 12.4 Å².